The molecule has 6 nitrogen and oxygen atoms in total. The van der Waals surface area contributed by atoms with Crippen LogP contribution in [-0.4, -0.2) is 47.9 Å². The number of benzene rings is 1. The van der Waals surface area contributed by atoms with Crippen molar-refractivity contribution in [2.45, 2.75) is 19.3 Å². The van der Waals surface area contributed by atoms with Crippen LogP contribution in [-0.2, 0) is 9.59 Å². The molecule has 0 spiro atoms. The normalized spacial score (nSPS) is 14.1. The van der Waals surface area contributed by atoms with Crippen molar-refractivity contribution in [3.8, 4) is 0 Å². The number of pyridine rings is 1. The zero-order valence-corrected chi connectivity index (χ0v) is 15.1. The highest BCUT2D eigenvalue weighted by Gasteiger charge is 2.21. The van der Waals surface area contributed by atoms with Gasteiger partial charge < -0.3 is 15.1 Å². The van der Waals surface area contributed by atoms with Crippen LogP contribution in [0.2, 0.25) is 0 Å². The van der Waals surface area contributed by atoms with Crippen molar-refractivity contribution in [2.75, 3.05) is 36.4 Å². The van der Waals surface area contributed by atoms with Crippen LogP contribution in [0.1, 0.15) is 19.3 Å². The fourth-order valence-electron chi connectivity index (χ4n) is 3.07. The molecule has 1 fully saturated rings. The average Bonchev–Trinajstić information content (AvgIpc) is 2.69. The number of piperazine rings is 1. The second-order valence-corrected chi connectivity index (χ2v) is 6.46. The van der Waals surface area contributed by atoms with Crippen LogP contribution in [0.3, 0.4) is 0 Å². The van der Waals surface area contributed by atoms with Gasteiger partial charge in [-0.1, -0.05) is 6.07 Å². The molecule has 142 valence electrons. The van der Waals surface area contributed by atoms with Gasteiger partial charge >= 0.3 is 0 Å². The van der Waals surface area contributed by atoms with E-state index in [1.807, 2.05) is 4.90 Å². The first-order valence-corrected chi connectivity index (χ1v) is 9.11. The lowest BCUT2D eigenvalue weighted by Crippen LogP contribution is -2.48. The maximum atomic E-state index is 13.0. The van der Waals surface area contributed by atoms with Crippen LogP contribution in [0.5, 0.6) is 0 Å². The molecule has 2 heterocycles. The average molecular weight is 370 g/mol. The molecule has 2 amide bonds. The summed E-state index contributed by atoms with van der Waals surface area (Å²) in [6, 6.07) is 11.7. The molecule has 3 rings (SSSR count). The molecule has 1 aliphatic heterocycles. The topological polar surface area (TPSA) is 65.5 Å². The zero-order valence-electron chi connectivity index (χ0n) is 15.1. The number of carbonyl (C=O) groups is 2. The highest BCUT2D eigenvalue weighted by atomic mass is 19.1. The summed E-state index contributed by atoms with van der Waals surface area (Å²) in [6.07, 6.45) is 2.77. The molecule has 0 aliphatic carbocycles. The lowest BCUT2D eigenvalue weighted by atomic mass is 10.2. The van der Waals surface area contributed by atoms with Gasteiger partial charge in [0.25, 0.3) is 0 Å². The Morgan fingerprint density at radius 3 is 2.41 bits per heavy atom. The number of aromatic nitrogens is 1. The highest BCUT2D eigenvalue weighted by Crippen LogP contribution is 2.17. The van der Waals surface area contributed by atoms with Gasteiger partial charge in [0.05, 0.1) is 0 Å². The first-order valence-electron chi connectivity index (χ1n) is 9.11. The van der Waals surface area contributed by atoms with Crippen LogP contribution < -0.4 is 10.2 Å². The van der Waals surface area contributed by atoms with Crippen molar-refractivity contribution in [1.29, 1.82) is 0 Å². The number of nitrogens with one attached hydrogen (secondary N) is 1. The molecule has 1 aromatic carbocycles. The monoisotopic (exact) mass is 370 g/mol. The number of rotatable bonds is 6. The Morgan fingerprint density at radius 1 is 1.00 bits per heavy atom. The van der Waals surface area contributed by atoms with Crippen molar-refractivity contribution in [2.24, 2.45) is 0 Å². The Balaban J connectivity index is 1.37. The second-order valence-electron chi connectivity index (χ2n) is 6.46. The number of halogens is 1. The van der Waals surface area contributed by atoms with Gasteiger partial charge in [-0.05, 0) is 42.8 Å². The fourth-order valence-corrected chi connectivity index (χ4v) is 3.07. The zero-order chi connectivity index (χ0) is 19.1. The fraction of sp³-hybridized carbons (Fsp3) is 0.350. The van der Waals surface area contributed by atoms with Gasteiger partial charge in [-0.25, -0.2) is 9.37 Å². The van der Waals surface area contributed by atoms with Crippen LogP contribution >= 0.6 is 0 Å². The van der Waals surface area contributed by atoms with Crippen molar-refractivity contribution in [3.63, 3.8) is 0 Å². The van der Waals surface area contributed by atoms with E-state index in [4.69, 9.17) is 0 Å². The summed E-state index contributed by atoms with van der Waals surface area (Å²) < 4.78 is 13.0. The Morgan fingerprint density at radius 2 is 1.74 bits per heavy atom. The van der Waals surface area contributed by atoms with E-state index in [2.05, 4.69) is 15.2 Å². The van der Waals surface area contributed by atoms with Crippen LogP contribution in [0.15, 0.2) is 48.7 Å². The van der Waals surface area contributed by atoms with E-state index in [1.165, 1.54) is 12.1 Å². The van der Waals surface area contributed by atoms with Gasteiger partial charge in [0, 0.05) is 50.9 Å². The van der Waals surface area contributed by atoms with Gasteiger partial charge in [0.15, 0.2) is 0 Å². The SMILES string of the molecule is O=C(CCCC(=O)N1CCN(c2ccc(F)cc2)CC1)Nc1ccccn1. The molecule has 0 atom stereocenters. The standard InChI is InChI=1S/C20H23FN4O2/c21-16-7-9-17(10-8-16)24-12-14-25(15-13-24)20(27)6-3-5-19(26)23-18-4-1-2-11-22-18/h1-2,4,7-11H,3,5-6,12-15H2,(H,22,23,26). The lowest BCUT2D eigenvalue weighted by Gasteiger charge is -2.36. The molecule has 0 unspecified atom stereocenters. The van der Waals surface area contributed by atoms with Crippen LogP contribution in [0, 0.1) is 5.82 Å². The minimum Gasteiger partial charge on any atom is -0.368 e. The van der Waals surface area contributed by atoms with Gasteiger partial charge in [-0.15, -0.1) is 0 Å². The Bertz CT molecular complexity index is 759. The highest BCUT2D eigenvalue weighted by molar-refractivity contribution is 5.90. The summed E-state index contributed by atoms with van der Waals surface area (Å²) in [7, 11) is 0. The van der Waals surface area contributed by atoms with Crippen molar-refractivity contribution in [1.82, 2.24) is 9.88 Å². The van der Waals surface area contributed by atoms with Crippen LogP contribution in [0.4, 0.5) is 15.9 Å². The maximum Gasteiger partial charge on any atom is 0.225 e. The number of hydrogen-bond donors (Lipinski definition) is 1. The molecule has 27 heavy (non-hydrogen) atoms. The first-order chi connectivity index (χ1) is 13.1. The smallest absolute Gasteiger partial charge is 0.225 e. The van der Waals surface area contributed by atoms with E-state index >= 15 is 0 Å². The van der Waals surface area contributed by atoms with E-state index in [-0.39, 0.29) is 24.1 Å². The number of anilines is 2. The summed E-state index contributed by atoms with van der Waals surface area (Å²) in [5.74, 6) is 0.201. The molecule has 1 N–H and O–H groups in total. The third-order valence-electron chi connectivity index (χ3n) is 4.55. The number of amides is 2. The Kier molecular flexibility index (Phi) is 6.35. The predicted molar refractivity (Wildman–Crippen MR) is 102 cm³/mol. The van der Waals surface area contributed by atoms with Gasteiger partial charge in [-0.3, -0.25) is 9.59 Å². The number of carbonyl (C=O) groups excluding carboxylic acids is 2. The molecular weight excluding hydrogens is 347 g/mol. The largest absolute Gasteiger partial charge is 0.368 e. The van der Waals surface area contributed by atoms with Crippen molar-refractivity contribution < 1.29 is 14.0 Å². The molecule has 0 radical (unpaired) electrons. The van der Waals surface area contributed by atoms with E-state index in [1.54, 1.807) is 36.5 Å². The third kappa shape index (κ3) is 5.51. The molecule has 0 saturated carbocycles. The molecule has 0 bridgehead atoms. The number of hydrogen-bond acceptors (Lipinski definition) is 4. The summed E-state index contributed by atoms with van der Waals surface area (Å²) in [6.45, 7) is 2.71. The second kappa shape index (κ2) is 9.12. The van der Waals surface area contributed by atoms with Gasteiger partial charge in [0.2, 0.25) is 11.8 Å². The van der Waals surface area contributed by atoms with E-state index < -0.39 is 0 Å². The third-order valence-corrected chi connectivity index (χ3v) is 4.55. The minimum absolute atomic E-state index is 0.0689. The minimum atomic E-state index is -0.250. The van der Waals surface area contributed by atoms with Gasteiger partial charge in [0.1, 0.15) is 11.6 Å². The van der Waals surface area contributed by atoms with Crippen molar-refractivity contribution in [3.05, 3.63) is 54.5 Å². The summed E-state index contributed by atoms with van der Waals surface area (Å²) in [5.41, 5.74) is 0.967. The van der Waals surface area contributed by atoms with Gasteiger partial charge in [-0.2, -0.15) is 0 Å². The first kappa shape index (κ1) is 18.8. The lowest BCUT2D eigenvalue weighted by molar-refractivity contribution is -0.131. The summed E-state index contributed by atoms with van der Waals surface area (Å²) in [4.78, 5) is 32.2. The number of nitrogens with zero attached hydrogens (tertiary/aromatic N) is 3. The summed E-state index contributed by atoms with van der Waals surface area (Å²) >= 11 is 0. The molecule has 1 aromatic heterocycles. The van der Waals surface area contributed by atoms with Crippen molar-refractivity contribution >= 4 is 23.3 Å². The maximum absolute atomic E-state index is 13.0. The quantitative estimate of drug-likeness (QED) is 0.849. The Hall–Kier alpha value is -2.96. The van der Waals surface area contributed by atoms with E-state index in [0.29, 0.717) is 31.7 Å². The Labute approximate surface area is 158 Å². The molecule has 2 aromatic rings. The van der Waals surface area contributed by atoms with Crippen LogP contribution in [0.25, 0.3) is 0 Å². The molecule has 1 aliphatic rings. The molecule has 1 saturated heterocycles. The van der Waals surface area contributed by atoms with E-state index in [9.17, 15) is 14.0 Å². The molecule has 7 heteroatoms. The van der Waals surface area contributed by atoms with E-state index in [0.717, 1.165) is 18.8 Å². The summed E-state index contributed by atoms with van der Waals surface area (Å²) in [5, 5.41) is 2.71. The molecular formula is C20H23FN4O2. The predicted octanol–water partition coefficient (Wildman–Crippen LogP) is 2.68.